The molecule has 0 saturated heterocycles. The molecule has 0 radical (unpaired) electrons. The fourth-order valence-electron chi connectivity index (χ4n) is 9.34. The molecule has 0 atom stereocenters. The van der Waals surface area contributed by atoms with Crippen molar-refractivity contribution in [3.63, 3.8) is 0 Å². The predicted octanol–water partition coefficient (Wildman–Crippen LogP) is 17.1. The van der Waals surface area contributed by atoms with Crippen molar-refractivity contribution in [3.05, 3.63) is 206 Å². The Morgan fingerprint density at radius 3 is 1.20 bits per heavy atom. The Kier molecular flexibility index (Phi) is 7.44. The summed E-state index contributed by atoms with van der Waals surface area (Å²) in [6.45, 7) is 0. The molecular formula is C56H34N2O2S. The molecule has 0 amide bonds. The van der Waals surface area contributed by atoms with Gasteiger partial charge in [-0.3, -0.25) is 0 Å². The van der Waals surface area contributed by atoms with E-state index in [4.69, 9.17) is 8.83 Å². The molecule has 3 aromatic heterocycles. The van der Waals surface area contributed by atoms with Crippen LogP contribution in [0, 0.1) is 0 Å². The number of hydrogen-bond donors (Lipinski definition) is 0. The van der Waals surface area contributed by atoms with Crippen LogP contribution in [-0.4, -0.2) is 0 Å². The van der Waals surface area contributed by atoms with Gasteiger partial charge in [-0.1, -0.05) is 109 Å². The van der Waals surface area contributed by atoms with Crippen LogP contribution in [0.3, 0.4) is 0 Å². The molecule has 0 aliphatic heterocycles. The molecule has 0 saturated carbocycles. The van der Waals surface area contributed by atoms with E-state index >= 15 is 0 Å². The van der Waals surface area contributed by atoms with Gasteiger partial charge in [-0.25, -0.2) is 0 Å². The zero-order valence-corrected chi connectivity index (χ0v) is 33.6. The van der Waals surface area contributed by atoms with E-state index in [1.165, 1.54) is 41.7 Å². The van der Waals surface area contributed by atoms with E-state index in [0.717, 1.165) is 78.0 Å². The summed E-state index contributed by atoms with van der Waals surface area (Å²) in [6.07, 6.45) is 0. The van der Waals surface area contributed by atoms with Crippen LogP contribution in [0.5, 0.6) is 0 Å². The quantitative estimate of drug-likeness (QED) is 0.168. The lowest BCUT2D eigenvalue weighted by molar-refractivity contribution is 0.668. The number of anilines is 6. The van der Waals surface area contributed by atoms with Crippen LogP contribution in [0.25, 0.3) is 85.6 Å². The number of thiophene rings is 1. The summed E-state index contributed by atoms with van der Waals surface area (Å²) in [5.41, 5.74) is 9.81. The number of fused-ring (bicyclic) bond motifs is 11. The number of para-hydroxylation sites is 6. The minimum atomic E-state index is 0.873. The maximum atomic E-state index is 6.58. The molecule has 13 rings (SSSR count). The minimum absolute atomic E-state index is 0.873. The van der Waals surface area contributed by atoms with E-state index in [0.29, 0.717) is 0 Å². The van der Waals surface area contributed by atoms with Gasteiger partial charge in [0.05, 0.1) is 11.4 Å². The van der Waals surface area contributed by atoms with Crippen LogP contribution >= 0.6 is 11.3 Å². The van der Waals surface area contributed by atoms with Gasteiger partial charge in [-0.15, -0.1) is 11.3 Å². The van der Waals surface area contributed by atoms with Gasteiger partial charge in [-0.2, -0.15) is 0 Å². The van der Waals surface area contributed by atoms with E-state index in [2.05, 4.69) is 192 Å². The highest BCUT2D eigenvalue weighted by atomic mass is 32.1. The Morgan fingerprint density at radius 1 is 0.295 bits per heavy atom. The van der Waals surface area contributed by atoms with E-state index in [-0.39, 0.29) is 0 Å². The Balaban J connectivity index is 0.968. The number of furan rings is 2. The predicted molar refractivity (Wildman–Crippen MR) is 258 cm³/mol. The van der Waals surface area contributed by atoms with Crippen LogP contribution in [0.1, 0.15) is 0 Å². The molecule has 0 bridgehead atoms. The van der Waals surface area contributed by atoms with Crippen LogP contribution < -0.4 is 9.80 Å². The molecule has 0 N–H and O–H groups in total. The average Bonchev–Trinajstić information content (AvgIpc) is 4.00. The first-order valence-electron chi connectivity index (χ1n) is 20.6. The second-order valence-electron chi connectivity index (χ2n) is 15.7. The van der Waals surface area contributed by atoms with Crippen LogP contribution in [0.15, 0.2) is 215 Å². The third kappa shape index (κ3) is 5.38. The Morgan fingerprint density at radius 2 is 0.721 bits per heavy atom. The van der Waals surface area contributed by atoms with Gasteiger partial charge in [0, 0.05) is 64.5 Å². The highest BCUT2D eigenvalue weighted by Crippen LogP contribution is 2.46. The monoisotopic (exact) mass is 798 g/mol. The Labute approximate surface area is 354 Å². The van der Waals surface area contributed by atoms with Crippen LogP contribution in [0.4, 0.5) is 34.1 Å². The Bertz CT molecular complexity index is 3590. The molecule has 61 heavy (non-hydrogen) atoms. The molecular weight excluding hydrogens is 765 g/mol. The molecule has 5 heteroatoms. The molecule has 10 aromatic carbocycles. The van der Waals surface area contributed by atoms with Crippen molar-refractivity contribution in [3.8, 4) is 0 Å². The highest BCUT2D eigenvalue weighted by molar-refractivity contribution is 7.26. The summed E-state index contributed by atoms with van der Waals surface area (Å²) in [5, 5.41) is 11.8. The molecule has 4 nitrogen and oxygen atoms in total. The summed E-state index contributed by atoms with van der Waals surface area (Å²) in [5.74, 6) is 0. The van der Waals surface area contributed by atoms with Crippen LogP contribution in [0.2, 0.25) is 0 Å². The van der Waals surface area contributed by atoms with Crippen molar-refractivity contribution < 1.29 is 8.83 Å². The lowest BCUT2D eigenvalue weighted by Gasteiger charge is -2.26. The highest BCUT2D eigenvalue weighted by Gasteiger charge is 2.22. The molecule has 13 aromatic rings. The van der Waals surface area contributed by atoms with Crippen molar-refractivity contribution in [2.24, 2.45) is 0 Å². The SMILES string of the molecule is c1ccc(N(c2ccc3cc4sc5cc6ccc(N(c7ccccc7)c7cccc8c7oc7ccccc78)cc6cc5c4cc3c2)c2cccc3c2oc2ccccc23)cc1. The fourth-order valence-corrected chi connectivity index (χ4v) is 10.5. The van der Waals surface area contributed by atoms with Crippen molar-refractivity contribution in [1.82, 2.24) is 0 Å². The van der Waals surface area contributed by atoms with Gasteiger partial charge in [0.25, 0.3) is 0 Å². The first-order chi connectivity index (χ1) is 30.2. The zero-order valence-electron chi connectivity index (χ0n) is 32.7. The van der Waals surface area contributed by atoms with Gasteiger partial charge in [-0.05, 0) is 119 Å². The second kappa shape index (κ2) is 13.3. The van der Waals surface area contributed by atoms with Gasteiger partial charge in [0.15, 0.2) is 11.2 Å². The van der Waals surface area contributed by atoms with E-state index in [9.17, 15) is 0 Å². The molecule has 0 spiro atoms. The molecule has 0 fully saturated rings. The normalized spacial score (nSPS) is 11.9. The summed E-state index contributed by atoms with van der Waals surface area (Å²) < 4.78 is 15.7. The molecule has 3 heterocycles. The molecule has 0 aliphatic carbocycles. The lowest BCUT2D eigenvalue weighted by atomic mass is 10.0. The zero-order chi connectivity index (χ0) is 40.0. The third-order valence-corrected chi connectivity index (χ3v) is 13.3. The third-order valence-electron chi connectivity index (χ3n) is 12.1. The van der Waals surface area contributed by atoms with Gasteiger partial charge in [0.2, 0.25) is 0 Å². The molecule has 286 valence electrons. The summed E-state index contributed by atoms with van der Waals surface area (Å²) >= 11 is 1.86. The van der Waals surface area contributed by atoms with Crippen molar-refractivity contribution in [1.29, 1.82) is 0 Å². The minimum Gasteiger partial charge on any atom is -0.454 e. The van der Waals surface area contributed by atoms with Gasteiger partial charge >= 0.3 is 0 Å². The smallest absolute Gasteiger partial charge is 0.159 e. The summed E-state index contributed by atoms with van der Waals surface area (Å²) in [7, 11) is 0. The van der Waals surface area contributed by atoms with E-state index < -0.39 is 0 Å². The number of hydrogen-bond acceptors (Lipinski definition) is 5. The lowest BCUT2D eigenvalue weighted by Crippen LogP contribution is -2.10. The number of nitrogens with zero attached hydrogens (tertiary/aromatic N) is 2. The maximum absolute atomic E-state index is 6.58. The van der Waals surface area contributed by atoms with Gasteiger partial charge < -0.3 is 18.6 Å². The first-order valence-corrected chi connectivity index (χ1v) is 21.4. The van der Waals surface area contributed by atoms with E-state index in [1.54, 1.807) is 0 Å². The summed E-state index contributed by atoms with van der Waals surface area (Å²) in [6, 6.07) is 73.7. The second-order valence-corrected chi connectivity index (χ2v) is 16.8. The maximum Gasteiger partial charge on any atom is 0.159 e. The average molecular weight is 799 g/mol. The molecule has 0 unspecified atom stereocenters. The van der Waals surface area contributed by atoms with Crippen molar-refractivity contribution in [2.75, 3.05) is 9.80 Å². The van der Waals surface area contributed by atoms with Crippen molar-refractivity contribution >= 4 is 131 Å². The van der Waals surface area contributed by atoms with Crippen molar-refractivity contribution in [2.45, 2.75) is 0 Å². The van der Waals surface area contributed by atoms with Gasteiger partial charge in [0.1, 0.15) is 11.2 Å². The fraction of sp³-hybridized carbons (Fsp3) is 0. The standard InChI is InChI=1S/C56H34N2O2S/c1-3-13-39(14-4-1)57(49-21-11-19-45-43-17-7-9-23-51(43)59-55(45)49)41-27-25-35-33-53-47(31-37(35)29-41)48-32-38-30-42(28-26-36(38)34-54(48)61-53)58(40-15-5-2-6-16-40)50-22-12-20-46-44-18-8-10-24-52(44)60-56(46)50/h1-34H. The summed E-state index contributed by atoms with van der Waals surface area (Å²) in [4.78, 5) is 4.64. The largest absolute Gasteiger partial charge is 0.454 e. The Hall–Kier alpha value is -7.86. The number of rotatable bonds is 6. The topological polar surface area (TPSA) is 32.8 Å². The number of benzene rings is 10. The first kappa shape index (κ1) is 34.0. The van der Waals surface area contributed by atoms with Crippen LogP contribution in [-0.2, 0) is 0 Å². The van der Waals surface area contributed by atoms with E-state index in [1.807, 2.05) is 35.6 Å². The molecule has 0 aliphatic rings.